The second-order valence-electron chi connectivity index (χ2n) is 5.11. The van der Waals surface area contributed by atoms with Crippen LogP contribution in [0.1, 0.15) is 26.2 Å². The molecule has 1 fully saturated rings. The van der Waals surface area contributed by atoms with Crippen LogP contribution in [0.3, 0.4) is 0 Å². The summed E-state index contributed by atoms with van der Waals surface area (Å²) in [6.07, 6.45) is 5.17. The van der Waals surface area contributed by atoms with Gasteiger partial charge in [0.25, 0.3) is 0 Å². The molecule has 1 aliphatic heterocycles. The molecule has 0 bridgehead atoms. The maximum Gasteiger partial charge on any atom is 0.243 e. The van der Waals surface area contributed by atoms with Crippen molar-refractivity contribution in [2.45, 2.75) is 49.8 Å². The minimum absolute atomic E-state index is 0.0730. The molecule has 0 aliphatic carbocycles. The van der Waals surface area contributed by atoms with Crippen molar-refractivity contribution in [2.75, 3.05) is 13.2 Å². The van der Waals surface area contributed by atoms with Gasteiger partial charge in [0.2, 0.25) is 10.0 Å². The van der Waals surface area contributed by atoms with E-state index in [1.54, 1.807) is 10.9 Å². The number of sulfonamides is 1. The fraction of sp³-hybridized carbons (Fsp3) is 0.750. The molecule has 2 heterocycles. The summed E-state index contributed by atoms with van der Waals surface area (Å²) in [5.41, 5.74) is 5.42. The summed E-state index contributed by atoms with van der Waals surface area (Å²) in [6.45, 7) is 3.72. The molecule has 0 radical (unpaired) electrons. The van der Waals surface area contributed by atoms with Gasteiger partial charge in [-0.3, -0.25) is 4.68 Å². The molecule has 0 amide bonds. The highest BCUT2D eigenvalue weighted by Crippen LogP contribution is 2.16. The van der Waals surface area contributed by atoms with Gasteiger partial charge in [0, 0.05) is 25.4 Å². The standard InChI is InChI=1S/C12H22N4O3S/c1-10-7-11(3-6-19-10)15-20(17,18)12-8-14-16(9-12)5-2-4-13/h8-11,15H,2-7,13H2,1H3. The van der Waals surface area contributed by atoms with Crippen molar-refractivity contribution in [3.63, 3.8) is 0 Å². The van der Waals surface area contributed by atoms with Gasteiger partial charge in [-0.05, 0) is 32.7 Å². The molecule has 1 aromatic heterocycles. The van der Waals surface area contributed by atoms with E-state index in [0.717, 1.165) is 6.42 Å². The van der Waals surface area contributed by atoms with Crippen molar-refractivity contribution >= 4 is 10.0 Å². The summed E-state index contributed by atoms with van der Waals surface area (Å²) in [5, 5.41) is 4.05. The zero-order chi connectivity index (χ0) is 14.6. The Kier molecular flexibility index (Phi) is 5.14. The lowest BCUT2D eigenvalue weighted by molar-refractivity contribution is 0.0173. The van der Waals surface area contributed by atoms with Gasteiger partial charge in [0.15, 0.2) is 0 Å². The molecule has 1 aromatic rings. The molecule has 8 heteroatoms. The SMILES string of the molecule is CC1CC(NS(=O)(=O)c2cnn(CCCN)c2)CCO1. The maximum atomic E-state index is 12.3. The molecule has 3 N–H and O–H groups in total. The quantitative estimate of drug-likeness (QED) is 0.775. The lowest BCUT2D eigenvalue weighted by Gasteiger charge is -2.27. The average Bonchev–Trinajstić information content (AvgIpc) is 2.85. The summed E-state index contributed by atoms with van der Waals surface area (Å²) < 4.78 is 34.3. The second kappa shape index (κ2) is 6.66. The maximum absolute atomic E-state index is 12.3. The van der Waals surface area contributed by atoms with Crippen LogP contribution < -0.4 is 10.5 Å². The number of aryl methyl sites for hydroxylation is 1. The van der Waals surface area contributed by atoms with E-state index in [9.17, 15) is 8.42 Å². The first-order valence-electron chi connectivity index (χ1n) is 6.87. The van der Waals surface area contributed by atoms with Crippen LogP contribution in [0, 0.1) is 0 Å². The normalized spacial score (nSPS) is 23.9. The third-order valence-corrected chi connectivity index (χ3v) is 4.79. The van der Waals surface area contributed by atoms with Gasteiger partial charge in [-0.1, -0.05) is 0 Å². The van der Waals surface area contributed by atoms with Crippen molar-refractivity contribution in [1.29, 1.82) is 0 Å². The molecule has 0 spiro atoms. The molecule has 2 unspecified atom stereocenters. The van der Waals surface area contributed by atoms with E-state index in [0.29, 0.717) is 32.5 Å². The van der Waals surface area contributed by atoms with Gasteiger partial charge in [-0.15, -0.1) is 0 Å². The molecule has 7 nitrogen and oxygen atoms in total. The molecule has 1 saturated heterocycles. The van der Waals surface area contributed by atoms with E-state index < -0.39 is 10.0 Å². The van der Waals surface area contributed by atoms with E-state index in [2.05, 4.69) is 9.82 Å². The zero-order valence-corrected chi connectivity index (χ0v) is 12.5. The molecule has 0 aromatic carbocycles. The van der Waals surface area contributed by atoms with Crippen molar-refractivity contribution in [2.24, 2.45) is 5.73 Å². The fourth-order valence-corrected chi connectivity index (χ4v) is 3.49. The Labute approximate surface area is 119 Å². The van der Waals surface area contributed by atoms with E-state index in [4.69, 9.17) is 10.5 Å². The minimum Gasteiger partial charge on any atom is -0.378 e. The number of nitrogens with two attached hydrogens (primary N) is 1. The summed E-state index contributed by atoms with van der Waals surface area (Å²) in [5.74, 6) is 0. The van der Waals surface area contributed by atoms with Gasteiger partial charge in [0.1, 0.15) is 4.90 Å². The second-order valence-corrected chi connectivity index (χ2v) is 6.82. The van der Waals surface area contributed by atoms with E-state index >= 15 is 0 Å². The molecule has 2 atom stereocenters. The van der Waals surface area contributed by atoms with Crippen LogP contribution in [-0.4, -0.2) is 43.5 Å². The number of ether oxygens (including phenoxy) is 1. The Morgan fingerprint density at radius 3 is 3.10 bits per heavy atom. The number of hydrogen-bond donors (Lipinski definition) is 2. The lowest BCUT2D eigenvalue weighted by Crippen LogP contribution is -2.41. The average molecular weight is 302 g/mol. The Bertz CT molecular complexity index is 529. The van der Waals surface area contributed by atoms with Gasteiger partial charge in [0.05, 0.1) is 12.3 Å². The predicted octanol–water partition coefficient (Wildman–Crippen LogP) is 0.0777. The number of rotatable bonds is 6. The van der Waals surface area contributed by atoms with E-state index in [1.807, 2.05) is 6.92 Å². The molecule has 0 saturated carbocycles. The highest BCUT2D eigenvalue weighted by molar-refractivity contribution is 7.89. The molecule has 2 rings (SSSR count). The van der Waals surface area contributed by atoms with Crippen molar-refractivity contribution in [3.8, 4) is 0 Å². The summed E-state index contributed by atoms with van der Waals surface area (Å²) in [7, 11) is -3.51. The molecular formula is C12H22N4O3S. The lowest BCUT2D eigenvalue weighted by atomic mass is 10.1. The van der Waals surface area contributed by atoms with Crippen molar-refractivity contribution in [1.82, 2.24) is 14.5 Å². The summed E-state index contributed by atoms with van der Waals surface area (Å²) in [4.78, 5) is 0.202. The van der Waals surface area contributed by atoms with Gasteiger partial charge in [-0.2, -0.15) is 5.10 Å². The van der Waals surface area contributed by atoms with Crippen molar-refractivity contribution < 1.29 is 13.2 Å². The van der Waals surface area contributed by atoms with Gasteiger partial charge in [-0.25, -0.2) is 13.1 Å². The molecule has 1 aliphatic rings. The number of nitrogens with one attached hydrogen (secondary N) is 1. The Morgan fingerprint density at radius 2 is 2.40 bits per heavy atom. The monoisotopic (exact) mass is 302 g/mol. The number of hydrogen-bond acceptors (Lipinski definition) is 5. The zero-order valence-electron chi connectivity index (χ0n) is 11.7. The first kappa shape index (κ1) is 15.4. The highest BCUT2D eigenvalue weighted by Gasteiger charge is 2.25. The van der Waals surface area contributed by atoms with Gasteiger partial charge >= 0.3 is 0 Å². The van der Waals surface area contributed by atoms with Crippen molar-refractivity contribution in [3.05, 3.63) is 12.4 Å². The molecular weight excluding hydrogens is 280 g/mol. The molecule has 114 valence electrons. The van der Waals surface area contributed by atoms with E-state index in [1.165, 1.54) is 6.20 Å². The third kappa shape index (κ3) is 4.02. The Balaban J connectivity index is 2.00. The topological polar surface area (TPSA) is 99.2 Å². The first-order valence-corrected chi connectivity index (χ1v) is 8.36. The van der Waals surface area contributed by atoms with Crippen LogP contribution in [0.25, 0.3) is 0 Å². The van der Waals surface area contributed by atoms with Crippen LogP contribution in [0.5, 0.6) is 0 Å². The van der Waals surface area contributed by atoms with E-state index in [-0.39, 0.29) is 17.0 Å². The Morgan fingerprint density at radius 1 is 1.60 bits per heavy atom. The summed E-state index contributed by atoms with van der Waals surface area (Å²) >= 11 is 0. The minimum atomic E-state index is -3.51. The van der Waals surface area contributed by atoms with Crippen LogP contribution >= 0.6 is 0 Å². The Hall–Kier alpha value is -0.960. The number of nitrogens with zero attached hydrogens (tertiary/aromatic N) is 2. The summed E-state index contributed by atoms with van der Waals surface area (Å²) in [6, 6.07) is -0.0730. The molecule has 20 heavy (non-hydrogen) atoms. The van der Waals surface area contributed by atoms with Crippen LogP contribution in [0.15, 0.2) is 17.3 Å². The predicted molar refractivity (Wildman–Crippen MR) is 74.7 cm³/mol. The largest absolute Gasteiger partial charge is 0.378 e. The van der Waals surface area contributed by atoms with Gasteiger partial charge < -0.3 is 10.5 Å². The number of aromatic nitrogens is 2. The third-order valence-electron chi connectivity index (χ3n) is 3.32. The first-order chi connectivity index (χ1) is 9.51. The fourth-order valence-electron chi connectivity index (χ4n) is 2.25. The van der Waals surface area contributed by atoms with Crippen LogP contribution in [0.4, 0.5) is 0 Å². The highest BCUT2D eigenvalue weighted by atomic mass is 32.2. The van der Waals surface area contributed by atoms with Crippen LogP contribution in [0.2, 0.25) is 0 Å². The van der Waals surface area contributed by atoms with Crippen LogP contribution in [-0.2, 0) is 21.3 Å². The smallest absolute Gasteiger partial charge is 0.243 e.